The van der Waals surface area contributed by atoms with Crippen LogP contribution in [0, 0.1) is 0 Å². The molecule has 0 aliphatic rings. The van der Waals surface area contributed by atoms with Crippen molar-refractivity contribution in [3.63, 3.8) is 0 Å². The highest BCUT2D eigenvalue weighted by molar-refractivity contribution is 14.1. The molecule has 1 aromatic carbocycles. The standard InChI is InChI=1S/C18H12F8IN5O2/c19-16(20,18(24,25)26)13-12(17(21,22)23)14(32(7-27)30-13)31-6-11(29-8-31)10-3-1-2-9(4-10)5-28-15(33)34/h1-4,6,8,28H,5,7H2,(H,33,34). The Kier molecular flexibility index (Phi) is 6.82. The van der Waals surface area contributed by atoms with Crippen LogP contribution in [0.2, 0.25) is 0 Å². The molecule has 2 aromatic heterocycles. The number of alkyl halides is 9. The number of carbonyl (C=O) groups is 1. The number of amides is 1. The van der Waals surface area contributed by atoms with Gasteiger partial charge in [0.25, 0.3) is 0 Å². The molecule has 0 aliphatic carbocycles. The third-order valence-electron chi connectivity index (χ3n) is 4.47. The summed E-state index contributed by atoms with van der Waals surface area (Å²) < 4.78 is 108. The van der Waals surface area contributed by atoms with E-state index in [0.717, 1.165) is 12.5 Å². The lowest BCUT2D eigenvalue weighted by Crippen LogP contribution is -2.36. The minimum atomic E-state index is -6.31. The number of hydrogen-bond donors (Lipinski definition) is 2. The molecule has 16 heteroatoms. The van der Waals surface area contributed by atoms with E-state index in [2.05, 4.69) is 15.4 Å². The van der Waals surface area contributed by atoms with E-state index in [1.807, 2.05) is 0 Å². The second-order valence-electron chi connectivity index (χ2n) is 6.76. The lowest BCUT2D eigenvalue weighted by atomic mass is 10.1. The van der Waals surface area contributed by atoms with E-state index in [1.165, 1.54) is 40.8 Å². The van der Waals surface area contributed by atoms with Crippen LogP contribution in [-0.4, -0.2) is 36.7 Å². The molecular weight excluding hydrogens is 597 g/mol. The maximum atomic E-state index is 14.0. The van der Waals surface area contributed by atoms with Gasteiger partial charge in [-0.15, -0.1) is 0 Å². The number of halogens is 9. The van der Waals surface area contributed by atoms with E-state index in [4.69, 9.17) is 5.11 Å². The van der Waals surface area contributed by atoms with E-state index in [-0.39, 0.29) is 12.2 Å². The smallest absolute Gasteiger partial charge is 0.459 e. The van der Waals surface area contributed by atoms with Crippen molar-refractivity contribution < 1.29 is 45.0 Å². The van der Waals surface area contributed by atoms with Gasteiger partial charge in [-0.3, -0.25) is 4.57 Å². The Bertz CT molecular complexity index is 1200. The Morgan fingerprint density at radius 1 is 1.12 bits per heavy atom. The van der Waals surface area contributed by atoms with Gasteiger partial charge < -0.3 is 10.4 Å². The first-order valence-electron chi connectivity index (χ1n) is 8.96. The fourth-order valence-electron chi connectivity index (χ4n) is 3.02. The van der Waals surface area contributed by atoms with Gasteiger partial charge in [-0.2, -0.15) is 40.2 Å². The molecular formula is C18H12F8IN5O2. The van der Waals surface area contributed by atoms with E-state index in [9.17, 15) is 39.9 Å². The average molecular weight is 609 g/mol. The lowest BCUT2D eigenvalue weighted by molar-refractivity contribution is -0.292. The van der Waals surface area contributed by atoms with Gasteiger partial charge in [-0.25, -0.2) is 14.5 Å². The summed E-state index contributed by atoms with van der Waals surface area (Å²) in [7, 11) is 0. The highest BCUT2D eigenvalue weighted by Crippen LogP contribution is 2.49. The third-order valence-corrected chi connectivity index (χ3v) is 5.12. The molecule has 0 saturated heterocycles. The number of nitrogens with one attached hydrogen (secondary N) is 1. The van der Waals surface area contributed by atoms with Crippen LogP contribution in [0.15, 0.2) is 36.8 Å². The van der Waals surface area contributed by atoms with Crippen LogP contribution >= 0.6 is 22.6 Å². The van der Waals surface area contributed by atoms with E-state index < -0.39 is 46.0 Å². The largest absolute Gasteiger partial charge is 0.465 e. The van der Waals surface area contributed by atoms with Gasteiger partial charge in [0.15, 0.2) is 5.69 Å². The van der Waals surface area contributed by atoms with Crippen LogP contribution in [0.1, 0.15) is 16.8 Å². The molecule has 2 N–H and O–H groups in total. The molecule has 0 fully saturated rings. The van der Waals surface area contributed by atoms with Gasteiger partial charge in [0.1, 0.15) is 17.7 Å². The average Bonchev–Trinajstić information content (AvgIpc) is 3.36. The number of benzene rings is 1. The van der Waals surface area contributed by atoms with Crippen LogP contribution in [0.4, 0.5) is 39.9 Å². The first-order chi connectivity index (χ1) is 15.7. The quantitative estimate of drug-likeness (QED) is 0.218. The second kappa shape index (κ2) is 9.03. The molecule has 3 rings (SSSR count). The normalized spacial score (nSPS) is 12.7. The monoisotopic (exact) mass is 609 g/mol. The molecule has 3 aromatic rings. The summed E-state index contributed by atoms with van der Waals surface area (Å²) in [4.78, 5) is 14.6. The zero-order chi connectivity index (χ0) is 25.5. The molecule has 0 saturated carbocycles. The van der Waals surface area contributed by atoms with Crippen LogP contribution in [0.3, 0.4) is 0 Å². The molecule has 0 bridgehead atoms. The number of hydrogen-bond acceptors (Lipinski definition) is 3. The molecule has 0 aliphatic heterocycles. The SMILES string of the molecule is O=C(O)NCc1cccc(-c2cn(-c3c(C(F)(F)F)c(C(F)(F)C(F)(F)F)nn3CI)cn2)c1. The van der Waals surface area contributed by atoms with Crippen molar-refractivity contribution in [3.8, 4) is 17.1 Å². The number of rotatable bonds is 6. The van der Waals surface area contributed by atoms with E-state index in [1.54, 1.807) is 6.07 Å². The fourth-order valence-corrected chi connectivity index (χ4v) is 3.50. The molecule has 184 valence electrons. The number of carboxylic acid groups (broad SMARTS) is 1. The molecule has 2 heterocycles. The summed E-state index contributed by atoms with van der Waals surface area (Å²) in [6.45, 7) is -0.0837. The first-order valence-corrected chi connectivity index (χ1v) is 10.5. The zero-order valence-corrected chi connectivity index (χ0v) is 18.6. The molecule has 0 spiro atoms. The van der Waals surface area contributed by atoms with E-state index in [0.29, 0.717) is 20.4 Å². The van der Waals surface area contributed by atoms with Crippen molar-refractivity contribution in [3.05, 3.63) is 53.6 Å². The number of imidazole rings is 1. The van der Waals surface area contributed by atoms with Gasteiger partial charge in [-0.1, -0.05) is 40.8 Å². The molecule has 0 atom stereocenters. The first kappa shape index (κ1) is 25.7. The highest BCUT2D eigenvalue weighted by atomic mass is 127. The maximum Gasteiger partial charge on any atom is 0.459 e. The predicted molar refractivity (Wildman–Crippen MR) is 109 cm³/mol. The Labute approximate surface area is 198 Å². The Balaban J connectivity index is 2.14. The summed E-state index contributed by atoms with van der Waals surface area (Å²) in [6.07, 6.45) is -11.4. The number of nitrogens with zero attached hydrogens (tertiary/aromatic N) is 4. The highest BCUT2D eigenvalue weighted by Gasteiger charge is 2.64. The van der Waals surface area contributed by atoms with E-state index >= 15 is 0 Å². The van der Waals surface area contributed by atoms with Crippen molar-refractivity contribution >= 4 is 28.7 Å². The Morgan fingerprint density at radius 2 is 1.79 bits per heavy atom. The summed E-state index contributed by atoms with van der Waals surface area (Å²) in [6, 6.07) is 6.06. The maximum absolute atomic E-state index is 14.0. The third kappa shape index (κ3) is 4.95. The van der Waals surface area contributed by atoms with Crippen molar-refractivity contribution in [2.24, 2.45) is 0 Å². The predicted octanol–water partition coefficient (Wildman–Crippen LogP) is 5.57. The zero-order valence-electron chi connectivity index (χ0n) is 16.4. The van der Waals surface area contributed by atoms with Gasteiger partial charge in [-0.05, 0) is 11.6 Å². The van der Waals surface area contributed by atoms with Crippen molar-refractivity contribution in [1.82, 2.24) is 24.6 Å². The van der Waals surface area contributed by atoms with Gasteiger partial charge >= 0.3 is 24.4 Å². The topological polar surface area (TPSA) is 85.0 Å². The van der Waals surface area contributed by atoms with Crippen LogP contribution < -0.4 is 5.32 Å². The summed E-state index contributed by atoms with van der Waals surface area (Å²) in [5.74, 6) is -6.93. The molecule has 1 amide bonds. The molecule has 7 nitrogen and oxygen atoms in total. The van der Waals surface area contributed by atoms with Crippen LogP contribution in [0.5, 0.6) is 0 Å². The minimum absolute atomic E-state index is 0.0515. The fraction of sp³-hybridized carbons (Fsp3) is 0.278. The van der Waals surface area contributed by atoms with Gasteiger partial charge in [0.05, 0.1) is 10.2 Å². The number of aromatic nitrogens is 4. The molecule has 34 heavy (non-hydrogen) atoms. The van der Waals surface area contributed by atoms with Crippen molar-refractivity contribution in [1.29, 1.82) is 0 Å². The summed E-state index contributed by atoms with van der Waals surface area (Å²) in [5.41, 5.74) is -3.84. The summed E-state index contributed by atoms with van der Waals surface area (Å²) >= 11 is 1.47. The molecule has 0 radical (unpaired) electrons. The minimum Gasteiger partial charge on any atom is -0.465 e. The van der Waals surface area contributed by atoms with Crippen molar-refractivity contribution in [2.75, 3.05) is 0 Å². The Morgan fingerprint density at radius 3 is 2.35 bits per heavy atom. The lowest BCUT2D eigenvalue weighted by Gasteiger charge is -2.19. The van der Waals surface area contributed by atoms with Gasteiger partial charge in [0, 0.05) is 18.3 Å². The van der Waals surface area contributed by atoms with Crippen LogP contribution in [-0.2, 0) is 23.2 Å². The molecule has 0 unspecified atom stereocenters. The van der Waals surface area contributed by atoms with Crippen LogP contribution in [0.25, 0.3) is 17.1 Å². The van der Waals surface area contributed by atoms with Gasteiger partial charge in [0.2, 0.25) is 0 Å². The Hall–Kier alpha value is -2.92. The second-order valence-corrected chi connectivity index (χ2v) is 7.44. The van der Waals surface area contributed by atoms with Crippen molar-refractivity contribution in [2.45, 2.75) is 29.4 Å². The summed E-state index contributed by atoms with van der Waals surface area (Å²) in [5, 5.41) is 13.8.